The highest BCUT2D eigenvalue weighted by Crippen LogP contribution is 2.29. The first-order chi connectivity index (χ1) is 13.9. The number of benzene rings is 2. The summed E-state index contributed by atoms with van der Waals surface area (Å²) in [5.74, 6) is -0.0883. The zero-order valence-electron chi connectivity index (χ0n) is 17.4. The van der Waals surface area contributed by atoms with Gasteiger partial charge in [-0.05, 0) is 36.1 Å². The molecule has 0 aliphatic heterocycles. The molecule has 0 aromatic heterocycles. The first-order valence-electron chi connectivity index (χ1n) is 10.00. The minimum atomic E-state index is -0.435. The lowest BCUT2D eigenvalue weighted by Gasteiger charge is -2.34. The molecule has 0 spiro atoms. The normalized spacial score (nSPS) is 11.0. The van der Waals surface area contributed by atoms with E-state index in [9.17, 15) is 9.59 Å². The van der Waals surface area contributed by atoms with Crippen molar-refractivity contribution in [1.29, 1.82) is 0 Å². The zero-order valence-corrected chi connectivity index (χ0v) is 18.1. The van der Waals surface area contributed by atoms with E-state index in [0.717, 1.165) is 24.0 Å². The topological polar surface area (TPSA) is 61.4 Å². The van der Waals surface area contributed by atoms with Crippen LogP contribution in [0.15, 0.2) is 54.6 Å². The number of nitrogens with zero attached hydrogens (tertiary/aromatic N) is 1. The van der Waals surface area contributed by atoms with Crippen LogP contribution in [0.3, 0.4) is 0 Å². The van der Waals surface area contributed by atoms with Crippen LogP contribution in [0.4, 0.5) is 4.79 Å². The van der Waals surface area contributed by atoms with Crippen LogP contribution < -0.4 is 10.6 Å². The smallest absolute Gasteiger partial charge is 0.317 e. The number of rotatable bonds is 9. The Hall–Kier alpha value is -2.53. The third kappa shape index (κ3) is 6.50. The Bertz CT molecular complexity index is 790. The largest absolute Gasteiger partial charge is 0.347 e. The summed E-state index contributed by atoms with van der Waals surface area (Å²) in [6.07, 6.45) is 1.76. The van der Waals surface area contributed by atoms with Gasteiger partial charge in [0.15, 0.2) is 0 Å². The molecule has 0 bridgehead atoms. The molecule has 2 N–H and O–H groups in total. The molecule has 29 heavy (non-hydrogen) atoms. The van der Waals surface area contributed by atoms with E-state index in [4.69, 9.17) is 11.6 Å². The van der Waals surface area contributed by atoms with Crippen molar-refractivity contribution in [2.75, 3.05) is 13.6 Å². The molecular weight excluding hydrogens is 386 g/mol. The third-order valence-electron chi connectivity index (χ3n) is 5.22. The maximum atomic E-state index is 12.6. The second-order valence-corrected chi connectivity index (χ2v) is 7.60. The van der Waals surface area contributed by atoms with Gasteiger partial charge in [-0.1, -0.05) is 67.9 Å². The van der Waals surface area contributed by atoms with E-state index in [1.165, 1.54) is 0 Å². The summed E-state index contributed by atoms with van der Waals surface area (Å²) in [6.45, 7) is 4.91. The highest BCUT2D eigenvalue weighted by Gasteiger charge is 2.30. The fourth-order valence-electron chi connectivity index (χ4n) is 3.35. The van der Waals surface area contributed by atoms with Gasteiger partial charge in [-0.15, -0.1) is 0 Å². The van der Waals surface area contributed by atoms with E-state index < -0.39 is 5.54 Å². The molecule has 0 heterocycles. The van der Waals surface area contributed by atoms with Gasteiger partial charge in [-0.25, -0.2) is 4.79 Å². The molecule has 2 rings (SSSR count). The summed E-state index contributed by atoms with van der Waals surface area (Å²) in [7, 11) is 1.74. The van der Waals surface area contributed by atoms with Crippen LogP contribution in [0.25, 0.3) is 0 Å². The van der Waals surface area contributed by atoms with Crippen molar-refractivity contribution in [3.05, 3.63) is 70.7 Å². The Morgan fingerprint density at radius 1 is 1.00 bits per heavy atom. The average molecular weight is 416 g/mol. The van der Waals surface area contributed by atoms with E-state index in [2.05, 4.69) is 24.5 Å². The molecule has 3 amide bonds. The predicted molar refractivity (Wildman–Crippen MR) is 118 cm³/mol. The quantitative estimate of drug-likeness (QED) is 0.623. The van der Waals surface area contributed by atoms with Gasteiger partial charge in [-0.2, -0.15) is 0 Å². The van der Waals surface area contributed by atoms with Crippen LogP contribution >= 0.6 is 11.6 Å². The highest BCUT2D eigenvalue weighted by molar-refractivity contribution is 6.30. The van der Waals surface area contributed by atoms with Gasteiger partial charge < -0.3 is 15.5 Å². The molecular formula is C23H30ClN3O2. The molecule has 0 unspecified atom stereocenters. The first-order valence-corrected chi connectivity index (χ1v) is 10.4. The number of halogens is 1. The number of hydrogen-bond donors (Lipinski definition) is 2. The fourth-order valence-corrected chi connectivity index (χ4v) is 3.48. The maximum Gasteiger partial charge on any atom is 0.317 e. The standard InChI is InChI=1S/C23H30ClN3O2/c1-4-23(5-2,19-11-13-20(24)14-12-19)26-21(28)15-16-25-22(29)27(3)17-18-9-7-6-8-10-18/h6-14H,4-5,15-17H2,1-3H3,(H,25,29)(H,26,28). The van der Waals surface area contributed by atoms with Crippen molar-refractivity contribution in [2.45, 2.75) is 45.2 Å². The van der Waals surface area contributed by atoms with Crippen molar-refractivity contribution >= 4 is 23.5 Å². The molecule has 0 radical (unpaired) electrons. The summed E-state index contributed by atoms with van der Waals surface area (Å²) in [5.41, 5.74) is 1.66. The molecule has 0 saturated heterocycles. The van der Waals surface area contributed by atoms with Crippen LogP contribution in [0, 0.1) is 0 Å². The Kier molecular flexibility index (Phi) is 8.52. The summed E-state index contributed by atoms with van der Waals surface area (Å²) < 4.78 is 0. The summed E-state index contributed by atoms with van der Waals surface area (Å²) in [5, 5.41) is 6.64. The van der Waals surface area contributed by atoms with Crippen LogP contribution in [0.1, 0.15) is 44.2 Å². The molecule has 2 aromatic carbocycles. The SMILES string of the molecule is CCC(CC)(NC(=O)CCNC(=O)N(C)Cc1ccccc1)c1ccc(Cl)cc1. The zero-order chi connectivity index (χ0) is 21.3. The monoisotopic (exact) mass is 415 g/mol. The van der Waals surface area contributed by atoms with Crippen molar-refractivity contribution in [3.8, 4) is 0 Å². The Balaban J connectivity index is 1.85. The number of amides is 3. The second kappa shape index (κ2) is 10.9. The van der Waals surface area contributed by atoms with Gasteiger partial charge >= 0.3 is 6.03 Å². The molecule has 0 fully saturated rings. The molecule has 5 nitrogen and oxygen atoms in total. The predicted octanol–water partition coefficient (Wildman–Crippen LogP) is 4.70. The van der Waals surface area contributed by atoms with Crippen LogP contribution in [0.2, 0.25) is 5.02 Å². The van der Waals surface area contributed by atoms with Crippen LogP contribution in [-0.2, 0) is 16.9 Å². The lowest BCUT2D eigenvalue weighted by Crippen LogP contribution is -2.46. The van der Waals surface area contributed by atoms with Gasteiger partial charge in [0.2, 0.25) is 5.91 Å². The Labute approximate surface area is 178 Å². The third-order valence-corrected chi connectivity index (χ3v) is 5.47. The second-order valence-electron chi connectivity index (χ2n) is 7.17. The van der Waals surface area contributed by atoms with Gasteiger partial charge in [0.1, 0.15) is 0 Å². The van der Waals surface area contributed by atoms with Crippen LogP contribution in [0.5, 0.6) is 0 Å². The van der Waals surface area contributed by atoms with Gasteiger partial charge in [0.25, 0.3) is 0 Å². The number of carbonyl (C=O) groups is 2. The first kappa shape index (κ1) is 22.8. The fraction of sp³-hybridized carbons (Fsp3) is 0.391. The molecule has 2 aromatic rings. The van der Waals surface area contributed by atoms with E-state index in [-0.39, 0.29) is 24.9 Å². The average Bonchev–Trinajstić information content (AvgIpc) is 2.73. The van der Waals surface area contributed by atoms with Crippen molar-refractivity contribution in [1.82, 2.24) is 15.5 Å². The summed E-state index contributed by atoms with van der Waals surface area (Å²) in [6, 6.07) is 17.2. The minimum Gasteiger partial charge on any atom is -0.347 e. The van der Waals surface area contributed by atoms with Gasteiger partial charge in [0, 0.05) is 31.6 Å². The van der Waals surface area contributed by atoms with Crippen LogP contribution in [-0.4, -0.2) is 30.4 Å². The van der Waals surface area contributed by atoms with E-state index >= 15 is 0 Å². The molecule has 0 atom stereocenters. The Morgan fingerprint density at radius 2 is 1.62 bits per heavy atom. The lowest BCUT2D eigenvalue weighted by molar-refractivity contribution is -0.123. The number of hydrogen-bond acceptors (Lipinski definition) is 2. The maximum absolute atomic E-state index is 12.6. The Morgan fingerprint density at radius 3 is 2.21 bits per heavy atom. The summed E-state index contributed by atoms with van der Waals surface area (Å²) >= 11 is 6.00. The highest BCUT2D eigenvalue weighted by atomic mass is 35.5. The van der Waals surface area contributed by atoms with Gasteiger partial charge in [0.05, 0.1) is 5.54 Å². The van der Waals surface area contributed by atoms with E-state index in [0.29, 0.717) is 11.6 Å². The molecule has 6 heteroatoms. The molecule has 0 aliphatic carbocycles. The van der Waals surface area contributed by atoms with Crippen molar-refractivity contribution in [3.63, 3.8) is 0 Å². The minimum absolute atomic E-state index is 0.0883. The molecule has 0 saturated carbocycles. The number of nitrogens with one attached hydrogen (secondary N) is 2. The van der Waals surface area contributed by atoms with Gasteiger partial charge in [-0.3, -0.25) is 4.79 Å². The molecule has 156 valence electrons. The summed E-state index contributed by atoms with van der Waals surface area (Å²) in [4.78, 5) is 26.4. The van der Waals surface area contributed by atoms with E-state index in [1.807, 2.05) is 54.6 Å². The number of urea groups is 1. The number of carbonyl (C=O) groups excluding carboxylic acids is 2. The van der Waals surface area contributed by atoms with E-state index in [1.54, 1.807) is 11.9 Å². The van der Waals surface area contributed by atoms with Crippen molar-refractivity contribution < 1.29 is 9.59 Å². The lowest BCUT2D eigenvalue weighted by atomic mass is 9.84. The van der Waals surface area contributed by atoms with Crippen molar-refractivity contribution in [2.24, 2.45) is 0 Å². The molecule has 0 aliphatic rings.